The lowest BCUT2D eigenvalue weighted by molar-refractivity contribution is -0.141. The zero-order valence-electron chi connectivity index (χ0n) is 17.1. The minimum absolute atomic E-state index is 0.220. The second kappa shape index (κ2) is 7.05. The first-order valence-electron chi connectivity index (χ1n) is 9.40. The van der Waals surface area contributed by atoms with E-state index in [2.05, 4.69) is 4.98 Å². The molecule has 0 saturated heterocycles. The van der Waals surface area contributed by atoms with Crippen LogP contribution in [0.1, 0.15) is 35.1 Å². The number of hydrogen-bond donors (Lipinski definition) is 1. The van der Waals surface area contributed by atoms with Crippen molar-refractivity contribution in [1.29, 1.82) is 0 Å². The highest BCUT2D eigenvalue weighted by Crippen LogP contribution is 2.59. The number of rotatable bonds is 6. The van der Waals surface area contributed by atoms with Crippen LogP contribution in [0.3, 0.4) is 0 Å². The maximum absolute atomic E-state index is 12.9. The number of carboxylic acids is 1. The van der Waals surface area contributed by atoms with Crippen molar-refractivity contribution in [2.75, 3.05) is 21.3 Å². The molecule has 1 aliphatic carbocycles. The largest absolute Gasteiger partial charge is 0.493 e. The molecule has 156 valence electrons. The Kier molecular flexibility index (Phi) is 4.64. The summed E-state index contributed by atoms with van der Waals surface area (Å²) < 4.78 is 17.6. The van der Waals surface area contributed by atoms with Gasteiger partial charge in [-0.2, -0.15) is 0 Å². The second-order valence-corrected chi connectivity index (χ2v) is 7.35. The number of ether oxygens (including phenoxy) is 3. The first-order chi connectivity index (χ1) is 14.4. The second-order valence-electron chi connectivity index (χ2n) is 7.35. The van der Waals surface area contributed by atoms with Crippen LogP contribution in [0.2, 0.25) is 0 Å². The van der Waals surface area contributed by atoms with E-state index in [1.165, 1.54) is 11.7 Å². The van der Waals surface area contributed by atoms with E-state index in [0.717, 1.165) is 5.56 Å². The average molecular weight is 410 g/mol. The van der Waals surface area contributed by atoms with Gasteiger partial charge in [0.05, 0.1) is 33.1 Å². The van der Waals surface area contributed by atoms with Gasteiger partial charge in [-0.1, -0.05) is 12.2 Å². The molecule has 2 unspecified atom stereocenters. The van der Waals surface area contributed by atoms with Gasteiger partial charge in [0.1, 0.15) is 11.2 Å². The van der Waals surface area contributed by atoms with E-state index >= 15 is 0 Å². The van der Waals surface area contributed by atoms with E-state index in [9.17, 15) is 14.7 Å². The van der Waals surface area contributed by atoms with Crippen LogP contribution in [0.5, 0.6) is 17.2 Å². The summed E-state index contributed by atoms with van der Waals surface area (Å²) >= 11 is 0. The predicted molar refractivity (Wildman–Crippen MR) is 111 cm³/mol. The standard InChI is InChI=1S/C22H22N2O6/c1-12-14(6-5-13-9-15(28-2)19(30-4)16(10-13)29-3)23-18-7-8-22(21(26)27)11-17(22)24(18)20(12)25/h5-10,17H,11H2,1-4H3,(H,26,27)/b6-5+. The topological polar surface area (TPSA) is 99.9 Å². The molecule has 0 amide bonds. The van der Waals surface area contributed by atoms with Gasteiger partial charge in [0.15, 0.2) is 11.5 Å². The number of aromatic nitrogens is 2. The van der Waals surface area contributed by atoms with Crippen molar-refractivity contribution >= 4 is 24.2 Å². The van der Waals surface area contributed by atoms with Crippen molar-refractivity contribution in [3.05, 3.63) is 51.2 Å². The molecule has 8 heteroatoms. The smallest absolute Gasteiger partial charge is 0.315 e. The summed E-state index contributed by atoms with van der Waals surface area (Å²) in [6.45, 7) is 1.70. The van der Waals surface area contributed by atoms with Crippen molar-refractivity contribution in [2.24, 2.45) is 5.41 Å². The minimum atomic E-state index is -0.974. The molecule has 4 rings (SSSR count). The zero-order valence-corrected chi connectivity index (χ0v) is 17.1. The molecule has 2 atom stereocenters. The van der Waals surface area contributed by atoms with Crippen molar-refractivity contribution in [1.82, 2.24) is 9.55 Å². The Morgan fingerprint density at radius 2 is 1.87 bits per heavy atom. The average Bonchev–Trinajstić information content (AvgIpc) is 3.50. The van der Waals surface area contributed by atoms with Gasteiger partial charge in [-0.25, -0.2) is 4.98 Å². The maximum atomic E-state index is 12.9. The third kappa shape index (κ3) is 2.87. The van der Waals surface area contributed by atoms with Crippen LogP contribution in [-0.2, 0) is 4.79 Å². The number of benzene rings is 1. The van der Waals surface area contributed by atoms with Crippen LogP contribution >= 0.6 is 0 Å². The van der Waals surface area contributed by atoms with E-state index in [4.69, 9.17) is 14.2 Å². The van der Waals surface area contributed by atoms with Gasteiger partial charge in [0.2, 0.25) is 5.75 Å². The summed E-state index contributed by atoms with van der Waals surface area (Å²) in [7, 11) is 4.63. The Balaban J connectivity index is 1.73. The lowest BCUT2D eigenvalue weighted by atomic mass is 10.0. The summed E-state index contributed by atoms with van der Waals surface area (Å²) in [5.74, 6) is 1.09. The van der Waals surface area contributed by atoms with E-state index in [-0.39, 0.29) is 11.6 Å². The van der Waals surface area contributed by atoms with Crippen LogP contribution in [0.4, 0.5) is 0 Å². The molecule has 1 fully saturated rings. The van der Waals surface area contributed by atoms with Gasteiger partial charge in [-0.05, 0) is 43.2 Å². The quantitative estimate of drug-likeness (QED) is 0.782. The molecule has 2 heterocycles. The third-order valence-corrected chi connectivity index (χ3v) is 5.73. The molecule has 30 heavy (non-hydrogen) atoms. The fourth-order valence-corrected chi connectivity index (χ4v) is 3.90. The van der Waals surface area contributed by atoms with Crippen LogP contribution in [0.25, 0.3) is 18.2 Å². The van der Waals surface area contributed by atoms with E-state index in [1.54, 1.807) is 51.5 Å². The summed E-state index contributed by atoms with van der Waals surface area (Å²) in [4.78, 5) is 29.1. The molecule has 1 aromatic heterocycles. The highest BCUT2D eigenvalue weighted by molar-refractivity contribution is 5.84. The molecule has 1 aliphatic heterocycles. The Labute approximate surface area is 173 Å². The van der Waals surface area contributed by atoms with Gasteiger partial charge >= 0.3 is 5.97 Å². The normalized spacial score (nSPS) is 21.1. The summed E-state index contributed by atoms with van der Waals surface area (Å²) in [5, 5.41) is 9.49. The first kappa shape index (κ1) is 19.8. The molecule has 8 nitrogen and oxygen atoms in total. The number of hydrogen-bond acceptors (Lipinski definition) is 6. The van der Waals surface area contributed by atoms with Gasteiger partial charge < -0.3 is 19.3 Å². The third-order valence-electron chi connectivity index (χ3n) is 5.73. The zero-order chi connectivity index (χ0) is 21.6. The number of fused-ring (bicyclic) bond motifs is 3. The number of carbonyl (C=O) groups is 1. The van der Waals surface area contributed by atoms with E-state index in [1.807, 2.05) is 6.08 Å². The lowest BCUT2D eigenvalue weighted by Crippen LogP contribution is -2.31. The van der Waals surface area contributed by atoms with Crippen molar-refractivity contribution < 1.29 is 24.1 Å². The molecule has 2 aromatic rings. The fraction of sp³-hybridized carbons (Fsp3) is 0.318. The molecular formula is C22H22N2O6. The Hall–Kier alpha value is -3.55. The summed E-state index contributed by atoms with van der Waals surface area (Å²) in [6, 6.07) is 3.22. The molecular weight excluding hydrogens is 388 g/mol. The molecule has 0 spiro atoms. The Morgan fingerprint density at radius 3 is 2.43 bits per heavy atom. The van der Waals surface area contributed by atoms with Gasteiger partial charge in [-0.15, -0.1) is 0 Å². The minimum Gasteiger partial charge on any atom is -0.493 e. The maximum Gasteiger partial charge on any atom is 0.315 e. The number of carboxylic acid groups (broad SMARTS) is 1. The number of aliphatic carboxylic acids is 1. The Bertz CT molecular complexity index is 1140. The van der Waals surface area contributed by atoms with Crippen LogP contribution < -0.4 is 19.8 Å². The lowest BCUT2D eigenvalue weighted by Gasteiger charge is -2.18. The SMILES string of the molecule is COc1cc(/C=C/c2nc3n(c(=O)c2C)C2CC2(C(=O)O)C=C3)cc(OC)c1OC. The highest BCUT2D eigenvalue weighted by atomic mass is 16.5. The van der Waals surface area contributed by atoms with Crippen LogP contribution in [0.15, 0.2) is 23.0 Å². The molecule has 1 saturated carbocycles. The van der Waals surface area contributed by atoms with Gasteiger partial charge in [0.25, 0.3) is 5.56 Å². The van der Waals surface area contributed by atoms with Crippen LogP contribution in [0, 0.1) is 12.3 Å². The molecule has 2 aliphatic rings. The predicted octanol–water partition coefficient (Wildman–Crippen LogP) is 2.79. The number of methoxy groups -OCH3 is 3. The summed E-state index contributed by atoms with van der Waals surface area (Å²) in [5.41, 5.74) is 0.573. The molecule has 1 aromatic carbocycles. The fourth-order valence-electron chi connectivity index (χ4n) is 3.90. The van der Waals surface area contributed by atoms with Gasteiger partial charge in [-0.3, -0.25) is 14.2 Å². The summed E-state index contributed by atoms with van der Waals surface area (Å²) in [6.07, 6.45) is 7.23. The monoisotopic (exact) mass is 410 g/mol. The number of nitrogens with zero attached hydrogens (tertiary/aromatic N) is 2. The van der Waals surface area contributed by atoms with Crippen molar-refractivity contribution in [3.63, 3.8) is 0 Å². The molecule has 0 radical (unpaired) electrons. The van der Waals surface area contributed by atoms with Crippen LogP contribution in [-0.4, -0.2) is 42.0 Å². The first-order valence-corrected chi connectivity index (χ1v) is 9.40. The highest BCUT2D eigenvalue weighted by Gasteiger charge is 2.62. The van der Waals surface area contributed by atoms with E-state index < -0.39 is 11.4 Å². The van der Waals surface area contributed by atoms with Crippen molar-refractivity contribution in [3.8, 4) is 17.2 Å². The van der Waals surface area contributed by atoms with E-state index in [0.29, 0.717) is 40.8 Å². The van der Waals surface area contributed by atoms with Gasteiger partial charge in [0, 0.05) is 5.56 Å². The van der Waals surface area contributed by atoms with Crippen molar-refractivity contribution in [2.45, 2.75) is 19.4 Å². The molecule has 1 N–H and O–H groups in total. The molecule has 0 bridgehead atoms. The Morgan fingerprint density at radius 1 is 1.20 bits per heavy atom.